The summed E-state index contributed by atoms with van der Waals surface area (Å²) in [5.41, 5.74) is -0.234. The van der Waals surface area contributed by atoms with Crippen LogP contribution in [0, 0.1) is 28.1 Å². The molecule has 0 heterocycles. The monoisotopic (exact) mass is 436 g/mol. The van der Waals surface area contributed by atoms with Crippen LogP contribution >= 0.6 is 0 Å². The highest BCUT2D eigenvalue weighted by molar-refractivity contribution is 5.98. The fourth-order valence-electron chi connectivity index (χ4n) is 6.81. The van der Waals surface area contributed by atoms with Gasteiger partial charge in [-0.15, -0.1) is 0 Å². The summed E-state index contributed by atoms with van der Waals surface area (Å²) < 4.78 is 15.0. The first-order chi connectivity index (χ1) is 14.6. The summed E-state index contributed by atoms with van der Waals surface area (Å²) in [6, 6.07) is 0. The molecule has 6 nitrogen and oxygen atoms in total. The van der Waals surface area contributed by atoms with Gasteiger partial charge in [0.25, 0.3) is 0 Å². The lowest BCUT2D eigenvalue weighted by atomic mass is 9.42. The van der Waals surface area contributed by atoms with Crippen molar-refractivity contribution in [2.75, 3.05) is 20.8 Å². The molecule has 0 bridgehead atoms. The number of rotatable bonds is 3. The predicted octanol–water partition coefficient (Wildman–Crippen LogP) is 5.49. The quantitative estimate of drug-likeness (QED) is 0.545. The Labute approximate surface area is 187 Å². The van der Waals surface area contributed by atoms with Gasteiger partial charge in [-0.2, -0.15) is 0 Å². The summed E-state index contributed by atoms with van der Waals surface area (Å²) in [7, 11) is 2.61. The Morgan fingerprint density at radius 1 is 1.03 bits per heavy atom. The second kappa shape index (κ2) is 9.74. The highest BCUT2D eigenvalue weighted by Crippen LogP contribution is 2.66. The number of allylic oxidation sites excluding steroid dienone is 1. The van der Waals surface area contributed by atoms with E-state index in [1.54, 1.807) is 0 Å². The van der Waals surface area contributed by atoms with E-state index < -0.39 is 17.5 Å². The number of hydrogen-bond acceptors (Lipinski definition) is 6. The standard InChI is InChI=1S/C23H34O6.C2H6/c1-21(2)10-6-11-22(3)16(21)9-12-23(14-29-20(26)28-5)17(22)8-7-15(13-18(23)24)19(25)27-4;1-2/h7,16-17H,6,8-14H2,1-5H3;1-2H3. The van der Waals surface area contributed by atoms with Crippen molar-refractivity contribution in [3.05, 3.63) is 11.6 Å². The molecule has 0 saturated heterocycles. The zero-order chi connectivity index (χ0) is 23.4. The van der Waals surface area contributed by atoms with Gasteiger partial charge in [-0.1, -0.05) is 47.1 Å². The molecule has 2 fully saturated rings. The normalized spacial score (nSPS) is 33.9. The third kappa shape index (κ3) is 4.54. The minimum Gasteiger partial charge on any atom is -0.466 e. The van der Waals surface area contributed by atoms with E-state index in [4.69, 9.17) is 9.47 Å². The van der Waals surface area contributed by atoms with Gasteiger partial charge in [-0.25, -0.2) is 9.59 Å². The zero-order valence-electron chi connectivity index (χ0n) is 20.3. The van der Waals surface area contributed by atoms with Crippen LogP contribution in [0.3, 0.4) is 0 Å². The molecule has 31 heavy (non-hydrogen) atoms. The molecule has 4 unspecified atom stereocenters. The molecule has 0 radical (unpaired) electrons. The average molecular weight is 437 g/mol. The lowest BCUT2D eigenvalue weighted by Crippen LogP contribution is -2.59. The van der Waals surface area contributed by atoms with E-state index in [-0.39, 0.29) is 35.6 Å². The van der Waals surface area contributed by atoms with Crippen molar-refractivity contribution >= 4 is 17.9 Å². The molecule has 176 valence electrons. The number of fused-ring (bicyclic) bond motifs is 3. The molecule has 3 aliphatic rings. The summed E-state index contributed by atoms with van der Waals surface area (Å²) in [5, 5.41) is 0. The molecule has 0 aromatic heterocycles. The van der Waals surface area contributed by atoms with Crippen LogP contribution in [0.25, 0.3) is 0 Å². The fraction of sp³-hybridized carbons (Fsp3) is 0.800. The molecule has 4 atom stereocenters. The van der Waals surface area contributed by atoms with Gasteiger partial charge in [0.05, 0.1) is 19.6 Å². The van der Waals surface area contributed by atoms with Gasteiger partial charge < -0.3 is 14.2 Å². The Morgan fingerprint density at radius 2 is 1.71 bits per heavy atom. The van der Waals surface area contributed by atoms with E-state index in [1.165, 1.54) is 20.6 Å². The lowest BCUT2D eigenvalue weighted by molar-refractivity contribution is -0.167. The third-order valence-electron chi connectivity index (χ3n) is 8.19. The average Bonchev–Trinajstić information content (AvgIpc) is 2.90. The van der Waals surface area contributed by atoms with Crippen LogP contribution in [0.4, 0.5) is 4.79 Å². The number of methoxy groups -OCH3 is 2. The summed E-state index contributed by atoms with van der Waals surface area (Å²) >= 11 is 0. The fourth-order valence-corrected chi connectivity index (χ4v) is 6.81. The van der Waals surface area contributed by atoms with Crippen molar-refractivity contribution in [3.8, 4) is 0 Å². The van der Waals surface area contributed by atoms with E-state index in [0.29, 0.717) is 24.3 Å². The molecule has 0 aromatic rings. The number of Topliss-reactive ketones (excluding diaryl/α,β-unsaturated/α-hetero) is 1. The number of esters is 1. The van der Waals surface area contributed by atoms with Crippen LogP contribution in [-0.2, 0) is 23.8 Å². The summed E-state index contributed by atoms with van der Waals surface area (Å²) in [5.74, 6) is 0.0174. The van der Waals surface area contributed by atoms with Crippen LogP contribution in [0.5, 0.6) is 0 Å². The molecule has 0 aliphatic heterocycles. The van der Waals surface area contributed by atoms with Crippen molar-refractivity contribution in [2.24, 2.45) is 28.1 Å². The summed E-state index contributed by atoms with van der Waals surface area (Å²) in [4.78, 5) is 37.6. The molecule has 2 saturated carbocycles. The third-order valence-corrected chi connectivity index (χ3v) is 8.19. The Morgan fingerprint density at radius 3 is 2.32 bits per heavy atom. The maximum Gasteiger partial charge on any atom is 0.508 e. The van der Waals surface area contributed by atoms with Crippen molar-refractivity contribution in [1.82, 2.24) is 0 Å². The van der Waals surface area contributed by atoms with E-state index >= 15 is 0 Å². The van der Waals surface area contributed by atoms with Gasteiger partial charge in [-0.05, 0) is 54.8 Å². The molecule has 0 aromatic carbocycles. The Balaban J connectivity index is 0.00000166. The van der Waals surface area contributed by atoms with Gasteiger partial charge in [0.2, 0.25) is 0 Å². The number of ether oxygens (including phenoxy) is 3. The number of carbonyl (C=O) groups is 3. The van der Waals surface area contributed by atoms with E-state index in [2.05, 4.69) is 25.5 Å². The summed E-state index contributed by atoms with van der Waals surface area (Å²) in [6.07, 6.45) is 6.69. The van der Waals surface area contributed by atoms with Gasteiger partial charge in [0.15, 0.2) is 0 Å². The molecule has 0 N–H and O–H groups in total. The zero-order valence-corrected chi connectivity index (χ0v) is 20.3. The Bertz CT molecular complexity index is 724. The number of carbonyl (C=O) groups excluding carboxylic acids is 3. The Kier molecular flexibility index (Phi) is 7.99. The highest BCUT2D eigenvalue weighted by atomic mass is 16.7. The maximum atomic E-state index is 13.6. The Hall–Kier alpha value is -1.85. The van der Waals surface area contributed by atoms with E-state index in [1.807, 2.05) is 19.9 Å². The summed E-state index contributed by atoms with van der Waals surface area (Å²) in [6.45, 7) is 11.0. The van der Waals surface area contributed by atoms with E-state index in [0.717, 1.165) is 19.3 Å². The van der Waals surface area contributed by atoms with Gasteiger partial charge in [0, 0.05) is 12.0 Å². The smallest absolute Gasteiger partial charge is 0.466 e. The number of hydrogen-bond donors (Lipinski definition) is 0. The van der Waals surface area contributed by atoms with Crippen LogP contribution in [0.1, 0.15) is 79.6 Å². The minimum atomic E-state index is -0.793. The van der Waals surface area contributed by atoms with Crippen LogP contribution in [-0.4, -0.2) is 38.7 Å². The van der Waals surface area contributed by atoms with Gasteiger partial charge in [0.1, 0.15) is 12.4 Å². The van der Waals surface area contributed by atoms with E-state index in [9.17, 15) is 14.4 Å². The number of ketones is 1. The highest BCUT2D eigenvalue weighted by Gasteiger charge is 2.62. The topological polar surface area (TPSA) is 78.9 Å². The lowest BCUT2D eigenvalue weighted by Gasteiger charge is -2.62. The van der Waals surface area contributed by atoms with Crippen molar-refractivity contribution in [3.63, 3.8) is 0 Å². The second-order valence-electron chi connectivity index (χ2n) is 9.95. The van der Waals surface area contributed by atoms with Crippen LogP contribution < -0.4 is 0 Å². The largest absolute Gasteiger partial charge is 0.508 e. The molecular formula is C25H40O6. The van der Waals surface area contributed by atoms with Gasteiger partial charge in [-0.3, -0.25) is 4.79 Å². The van der Waals surface area contributed by atoms with Crippen molar-refractivity contribution in [1.29, 1.82) is 0 Å². The molecule has 3 aliphatic carbocycles. The molecule has 3 rings (SSSR count). The predicted molar refractivity (Wildman–Crippen MR) is 118 cm³/mol. The maximum absolute atomic E-state index is 13.6. The molecule has 6 heteroatoms. The molecule has 0 spiro atoms. The van der Waals surface area contributed by atoms with Gasteiger partial charge >= 0.3 is 12.1 Å². The first-order valence-corrected chi connectivity index (χ1v) is 11.6. The van der Waals surface area contributed by atoms with Crippen LogP contribution in [0.15, 0.2) is 11.6 Å². The first kappa shape index (κ1) is 25.4. The van der Waals surface area contributed by atoms with Crippen molar-refractivity contribution < 1.29 is 28.6 Å². The minimum absolute atomic E-state index is 0.00707. The van der Waals surface area contributed by atoms with Crippen molar-refractivity contribution in [2.45, 2.75) is 79.6 Å². The SMILES string of the molecule is CC.COC(=O)OCC12CCC3C(C)(C)CCCC3(C)C1CC=C(C(=O)OC)CC2=O. The van der Waals surface area contributed by atoms with Crippen LogP contribution in [0.2, 0.25) is 0 Å². The molecular weight excluding hydrogens is 396 g/mol. The first-order valence-electron chi connectivity index (χ1n) is 11.6. The molecule has 0 amide bonds. The second-order valence-corrected chi connectivity index (χ2v) is 9.95.